The number of aromatic nitrogens is 2. The second kappa shape index (κ2) is 5.58. The summed E-state index contributed by atoms with van der Waals surface area (Å²) in [5.74, 6) is 0.916. The summed E-state index contributed by atoms with van der Waals surface area (Å²) in [7, 11) is 4.19. The number of thiocarbonyl (C=S) groups is 1. The average molecular weight is 265 g/mol. The van der Waals surface area contributed by atoms with Gasteiger partial charge in [-0.05, 0) is 26.9 Å². The van der Waals surface area contributed by atoms with Crippen molar-refractivity contribution in [1.29, 1.82) is 0 Å². The lowest BCUT2D eigenvalue weighted by Gasteiger charge is -2.27. The molecule has 6 heteroatoms. The van der Waals surface area contributed by atoms with Crippen LogP contribution in [0.5, 0.6) is 0 Å². The highest BCUT2D eigenvalue weighted by molar-refractivity contribution is 7.80. The van der Waals surface area contributed by atoms with Crippen molar-refractivity contribution in [3.8, 4) is 0 Å². The van der Waals surface area contributed by atoms with Crippen LogP contribution in [0.2, 0.25) is 0 Å². The first kappa shape index (κ1) is 13.2. The fourth-order valence-corrected chi connectivity index (χ4v) is 2.45. The van der Waals surface area contributed by atoms with Gasteiger partial charge < -0.3 is 15.5 Å². The predicted molar refractivity (Wildman–Crippen MR) is 76.8 cm³/mol. The molecule has 1 aromatic heterocycles. The van der Waals surface area contributed by atoms with Gasteiger partial charge >= 0.3 is 0 Å². The summed E-state index contributed by atoms with van der Waals surface area (Å²) in [4.78, 5) is 13.5. The molecule has 0 aliphatic carbocycles. The third-order valence-electron chi connectivity index (χ3n) is 3.14. The maximum Gasteiger partial charge on any atom is 0.147 e. The van der Waals surface area contributed by atoms with E-state index in [9.17, 15) is 0 Å². The Morgan fingerprint density at radius 1 is 1.50 bits per heavy atom. The lowest BCUT2D eigenvalue weighted by Crippen LogP contribution is -2.38. The molecule has 0 radical (unpaired) electrons. The Labute approximate surface area is 113 Å². The molecule has 1 unspecified atom stereocenters. The highest BCUT2D eigenvalue weighted by Crippen LogP contribution is 2.23. The van der Waals surface area contributed by atoms with E-state index in [4.69, 9.17) is 18.0 Å². The second-order valence-electron chi connectivity index (χ2n) is 4.88. The van der Waals surface area contributed by atoms with Gasteiger partial charge in [-0.3, -0.25) is 0 Å². The fourth-order valence-electron chi connectivity index (χ4n) is 2.35. The molecular formula is C12H19N5S. The van der Waals surface area contributed by atoms with E-state index in [0.29, 0.717) is 16.7 Å². The number of hydrogen-bond acceptors (Lipinski definition) is 5. The molecule has 2 heterocycles. The van der Waals surface area contributed by atoms with Crippen LogP contribution < -0.4 is 10.6 Å². The van der Waals surface area contributed by atoms with Crippen LogP contribution in [0.25, 0.3) is 0 Å². The first-order valence-corrected chi connectivity index (χ1v) is 6.52. The number of likely N-dealkylation sites (N-methyl/N-ethyl adjacent to an activating group) is 1. The summed E-state index contributed by atoms with van der Waals surface area (Å²) >= 11 is 4.88. The summed E-state index contributed by atoms with van der Waals surface area (Å²) in [6, 6.07) is 0.518. The monoisotopic (exact) mass is 265 g/mol. The van der Waals surface area contributed by atoms with Crippen molar-refractivity contribution in [3.05, 3.63) is 18.1 Å². The Kier molecular flexibility index (Phi) is 4.08. The zero-order valence-electron chi connectivity index (χ0n) is 10.8. The number of anilines is 1. The fraction of sp³-hybridized carbons (Fsp3) is 0.583. The van der Waals surface area contributed by atoms with E-state index in [1.165, 1.54) is 12.8 Å². The van der Waals surface area contributed by atoms with Gasteiger partial charge in [0.2, 0.25) is 0 Å². The molecule has 1 fully saturated rings. The van der Waals surface area contributed by atoms with Crippen LogP contribution in [0.3, 0.4) is 0 Å². The second-order valence-corrected chi connectivity index (χ2v) is 5.32. The van der Waals surface area contributed by atoms with Crippen molar-refractivity contribution in [3.63, 3.8) is 0 Å². The SMILES string of the molecule is CN(C)CC1CCCN1c1cnc(C(N)=S)cn1. The summed E-state index contributed by atoms with van der Waals surface area (Å²) in [6.45, 7) is 2.08. The Morgan fingerprint density at radius 3 is 2.83 bits per heavy atom. The smallest absolute Gasteiger partial charge is 0.147 e. The Balaban J connectivity index is 2.12. The highest BCUT2D eigenvalue weighted by Gasteiger charge is 2.26. The zero-order chi connectivity index (χ0) is 13.1. The molecule has 0 aromatic carbocycles. The summed E-state index contributed by atoms with van der Waals surface area (Å²) in [6.07, 6.45) is 5.83. The van der Waals surface area contributed by atoms with Crippen molar-refractivity contribution in [1.82, 2.24) is 14.9 Å². The average Bonchev–Trinajstić information content (AvgIpc) is 2.76. The van der Waals surface area contributed by atoms with Gasteiger partial charge in [-0.2, -0.15) is 0 Å². The van der Waals surface area contributed by atoms with Crippen LogP contribution >= 0.6 is 12.2 Å². The molecule has 98 valence electrons. The first-order chi connectivity index (χ1) is 8.58. The maximum absolute atomic E-state index is 5.52. The van der Waals surface area contributed by atoms with Gasteiger partial charge in [0.1, 0.15) is 16.5 Å². The molecule has 0 amide bonds. The summed E-state index contributed by atoms with van der Waals surface area (Å²) < 4.78 is 0. The molecule has 2 N–H and O–H groups in total. The Hall–Kier alpha value is -1.27. The van der Waals surface area contributed by atoms with Crippen molar-refractivity contribution < 1.29 is 0 Å². The molecule has 2 rings (SSSR count). The van der Waals surface area contributed by atoms with Gasteiger partial charge in [-0.15, -0.1) is 0 Å². The third kappa shape index (κ3) is 2.94. The van der Waals surface area contributed by atoms with E-state index in [1.807, 2.05) is 0 Å². The normalized spacial score (nSPS) is 19.5. The number of nitrogens with two attached hydrogens (primary N) is 1. The van der Waals surface area contributed by atoms with Crippen LogP contribution in [-0.4, -0.2) is 53.1 Å². The molecule has 1 aliphatic heterocycles. The molecule has 1 saturated heterocycles. The molecule has 18 heavy (non-hydrogen) atoms. The van der Waals surface area contributed by atoms with E-state index in [0.717, 1.165) is 18.9 Å². The van der Waals surface area contributed by atoms with E-state index in [2.05, 4.69) is 33.9 Å². The number of hydrogen-bond donors (Lipinski definition) is 1. The highest BCUT2D eigenvalue weighted by atomic mass is 32.1. The van der Waals surface area contributed by atoms with Crippen LogP contribution in [0.15, 0.2) is 12.4 Å². The Bertz CT molecular complexity index is 417. The van der Waals surface area contributed by atoms with E-state index in [-0.39, 0.29) is 0 Å². The first-order valence-electron chi connectivity index (χ1n) is 6.11. The topological polar surface area (TPSA) is 58.3 Å². The molecular weight excluding hydrogens is 246 g/mol. The van der Waals surface area contributed by atoms with Crippen molar-refractivity contribution >= 4 is 23.0 Å². The minimum atomic E-state index is 0.292. The third-order valence-corrected chi connectivity index (χ3v) is 3.35. The quantitative estimate of drug-likeness (QED) is 0.806. The minimum absolute atomic E-state index is 0.292. The molecule has 1 aliphatic rings. The standard InChI is InChI=1S/C12H19N5S/c1-16(2)8-9-4-3-5-17(9)11-7-14-10(6-15-11)12(13)18/h6-7,9H,3-5,8H2,1-2H3,(H2,13,18). The number of rotatable bonds is 4. The molecule has 0 saturated carbocycles. The summed E-state index contributed by atoms with van der Waals surface area (Å²) in [5.41, 5.74) is 6.10. The van der Waals surface area contributed by atoms with Gasteiger partial charge in [0.25, 0.3) is 0 Å². The van der Waals surface area contributed by atoms with Gasteiger partial charge in [-0.25, -0.2) is 9.97 Å². The molecule has 5 nitrogen and oxygen atoms in total. The maximum atomic E-state index is 5.52. The van der Waals surface area contributed by atoms with Crippen LogP contribution in [0, 0.1) is 0 Å². The van der Waals surface area contributed by atoms with Crippen molar-refractivity contribution in [2.24, 2.45) is 5.73 Å². The van der Waals surface area contributed by atoms with Gasteiger partial charge in [0.05, 0.1) is 12.4 Å². The molecule has 0 spiro atoms. The molecule has 0 bridgehead atoms. The lowest BCUT2D eigenvalue weighted by molar-refractivity contribution is 0.371. The Morgan fingerprint density at radius 2 is 2.28 bits per heavy atom. The molecule has 1 atom stereocenters. The van der Waals surface area contributed by atoms with Gasteiger partial charge in [-0.1, -0.05) is 12.2 Å². The van der Waals surface area contributed by atoms with Crippen molar-refractivity contribution in [2.45, 2.75) is 18.9 Å². The van der Waals surface area contributed by atoms with Gasteiger partial charge in [0, 0.05) is 19.1 Å². The van der Waals surface area contributed by atoms with E-state index >= 15 is 0 Å². The predicted octanol–water partition coefficient (Wildman–Crippen LogP) is 0.641. The van der Waals surface area contributed by atoms with E-state index in [1.54, 1.807) is 12.4 Å². The van der Waals surface area contributed by atoms with Crippen LogP contribution in [0.4, 0.5) is 5.82 Å². The lowest BCUT2D eigenvalue weighted by atomic mass is 10.2. The van der Waals surface area contributed by atoms with Crippen LogP contribution in [-0.2, 0) is 0 Å². The summed E-state index contributed by atoms with van der Waals surface area (Å²) in [5, 5.41) is 0. The van der Waals surface area contributed by atoms with Crippen molar-refractivity contribution in [2.75, 3.05) is 32.1 Å². The molecule has 1 aromatic rings. The van der Waals surface area contributed by atoms with Crippen LogP contribution in [0.1, 0.15) is 18.5 Å². The number of nitrogens with zero attached hydrogens (tertiary/aromatic N) is 4. The van der Waals surface area contributed by atoms with E-state index < -0.39 is 0 Å². The largest absolute Gasteiger partial charge is 0.388 e. The minimum Gasteiger partial charge on any atom is -0.388 e. The van der Waals surface area contributed by atoms with Gasteiger partial charge in [0.15, 0.2) is 0 Å². The zero-order valence-corrected chi connectivity index (χ0v) is 11.7.